The zero-order chi connectivity index (χ0) is 12.8. The molecule has 4 heteroatoms. The molecule has 3 nitrogen and oxygen atoms in total. The van der Waals surface area contributed by atoms with Crippen molar-refractivity contribution in [3.8, 4) is 0 Å². The number of nitrogens with zero attached hydrogens (tertiary/aromatic N) is 2. The minimum absolute atomic E-state index is 0.905. The predicted octanol–water partition coefficient (Wildman–Crippen LogP) is 3.22. The molecule has 0 bridgehead atoms. The first kappa shape index (κ1) is 13.7. The predicted molar refractivity (Wildman–Crippen MR) is 79.5 cm³/mol. The Kier molecular flexibility index (Phi) is 5.29. The number of nitrogens with one attached hydrogen (secondary N) is 1. The van der Waals surface area contributed by atoms with E-state index in [1.165, 1.54) is 42.7 Å². The van der Waals surface area contributed by atoms with Crippen LogP contribution in [0.2, 0.25) is 0 Å². The number of anilines is 1. The van der Waals surface area contributed by atoms with Gasteiger partial charge in [0.05, 0.1) is 0 Å². The Morgan fingerprint density at radius 1 is 1.17 bits per heavy atom. The molecule has 0 amide bonds. The van der Waals surface area contributed by atoms with Crippen molar-refractivity contribution in [2.75, 3.05) is 23.9 Å². The molecule has 1 heterocycles. The Morgan fingerprint density at radius 3 is 2.83 bits per heavy atom. The molecule has 1 aliphatic carbocycles. The molecule has 0 fully saturated rings. The Hall–Kier alpha value is -0.770. The molecule has 100 valence electrons. The van der Waals surface area contributed by atoms with E-state index in [1.807, 2.05) is 18.7 Å². The fraction of sp³-hybridized carbons (Fsp3) is 0.714. The van der Waals surface area contributed by atoms with Crippen molar-refractivity contribution in [2.45, 2.75) is 45.4 Å². The highest BCUT2D eigenvalue weighted by Crippen LogP contribution is 2.25. The van der Waals surface area contributed by atoms with Gasteiger partial charge in [-0.25, -0.2) is 9.97 Å². The minimum atomic E-state index is 0.905. The second kappa shape index (κ2) is 6.98. The summed E-state index contributed by atoms with van der Waals surface area (Å²) in [5.74, 6) is 3.26. The molecule has 2 rings (SSSR count). The molecule has 1 aliphatic rings. The van der Waals surface area contributed by atoms with Crippen molar-refractivity contribution in [1.82, 2.24) is 9.97 Å². The maximum absolute atomic E-state index is 4.58. The van der Waals surface area contributed by atoms with Gasteiger partial charge < -0.3 is 5.32 Å². The van der Waals surface area contributed by atoms with E-state index in [0.29, 0.717) is 0 Å². The standard InChI is InChI=1S/C14H23N3S/c1-11-16-13-8-4-3-7-12(13)14(17-11)15-9-5-6-10-18-2/h3-10H2,1-2H3,(H,15,16,17). The molecule has 1 N–H and O–H groups in total. The van der Waals surface area contributed by atoms with Crippen LogP contribution in [0.15, 0.2) is 0 Å². The lowest BCUT2D eigenvalue weighted by Gasteiger charge is -2.19. The largest absolute Gasteiger partial charge is 0.370 e. The first-order chi connectivity index (χ1) is 8.81. The van der Waals surface area contributed by atoms with Gasteiger partial charge in [0.2, 0.25) is 0 Å². The minimum Gasteiger partial charge on any atom is -0.370 e. The third kappa shape index (κ3) is 3.61. The molecule has 0 aliphatic heterocycles. The number of fused-ring (bicyclic) bond motifs is 1. The van der Waals surface area contributed by atoms with Crippen LogP contribution in [-0.2, 0) is 12.8 Å². The van der Waals surface area contributed by atoms with Crippen molar-refractivity contribution in [2.24, 2.45) is 0 Å². The second-order valence-corrected chi connectivity index (χ2v) is 5.86. The van der Waals surface area contributed by atoms with Crippen LogP contribution in [0.3, 0.4) is 0 Å². The van der Waals surface area contributed by atoms with Gasteiger partial charge in [-0.1, -0.05) is 0 Å². The number of thioether (sulfide) groups is 1. The zero-order valence-electron chi connectivity index (χ0n) is 11.5. The quantitative estimate of drug-likeness (QED) is 0.801. The van der Waals surface area contributed by atoms with Crippen LogP contribution in [0.4, 0.5) is 5.82 Å². The average Bonchev–Trinajstić information content (AvgIpc) is 2.38. The summed E-state index contributed by atoms with van der Waals surface area (Å²) in [7, 11) is 0. The molecule has 18 heavy (non-hydrogen) atoms. The monoisotopic (exact) mass is 265 g/mol. The van der Waals surface area contributed by atoms with E-state index in [1.54, 1.807) is 0 Å². The van der Waals surface area contributed by atoms with E-state index >= 15 is 0 Å². The van der Waals surface area contributed by atoms with Gasteiger partial charge in [-0.05, 0) is 57.5 Å². The lowest BCUT2D eigenvalue weighted by Crippen LogP contribution is -2.14. The fourth-order valence-electron chi connectivity index (χ4n) is 2.44. The van der Waals surface area contributed by atoms with Gasteiger partial charge in [0.15, 0.2) is 0 Å². The van der Waals surface area contributed by atoms with Crippen molar-refractivity contribution < 1.29 is 0 Å². The first-order valence-electron chi connectivity index (χ1n) is 6.90. The molecule has 0 spiro atoms. The van der Waals surface area contributed by atoms with Crippen LogP contribution in [0.25, 0.3) is 0 Å². The smallest absolute Gasteiger partial charge is 0.133 e. The highest BCUT2D eigenvalue weighted by atomic mass is 32.2. The second-order valence-electron chi connectivity index (χ2n) is 4.88. The Bertz CT molecular complexity index is 393. The van der Waals surface area contributed by atoms with Gasteiger partial charge >= 0.3 is 0 Å². The summed E-state index contributed by atoms with van der Waals surface area (Å²) in [6.45, 7) is 3.03. The number of hydrogen-bond donors (Lipinski definition) is 1. The van der Waals surface area contributed by atoms with Crippen molar-refractivity contribution in [3.05, 3.63) is 17.1 Å². The zero-order valence-corrected chi connectivity index (χ0v) is 12.3. The normalized spacial score (nSPS) is 14.3. The van der Waals surface area contributed by atoms with Gasteiger partial charge in [-0.2, -0.15) is 11.8 Å². The van der Waals surface area contributed by atoms with E-state index in [-0.39, 0.29) is 0 Å². The SMILES string of the molecule is CSCCCCNc1nc(C)nc2c1CCCC2. The molecular formula is C14H23N3S. The van der Waals surface area contributed by atoms with Crippen molar-refractivity contribution in [1.29, 1.82) is 0 Å². The summed E-state index contributed by atoms with van der Waals surface area (Å²) >= 11 is 1.92. The maximum Gasteiger partial charge on any atom is 0.133 e. The van der Waals surface area contributed by atoms with E-state index in [4.69, 9.17) is 0 Å². The van der Waals surface area contributed by atoms with Gasteiger partial charge in [-0.15, -0.1) is 0 Å². The highest BCUT2D eigenvalue weighted by molar-refractivity contribution is 7.98. The molecule has 0 unspecified atom stereocenters. The Morgan fingerprint density at radius 2 is 2.00 bits per heavy atom. The van der Waals surface area contributed by atoms with Crippen LogP contribution in [-0.4, -0.2) is 28.5 Å². The third-order valence-corrected chi connectivity index (χ3v) is 4.06. The first-order valence-corrected chi connectivity index (χ1v) is 8.30. The summed E-state index contributed by atoms with van der Waals surface area (Å²) in [5, 5.41) is 3.51. The number of aryl methyl sites for hydroxylation is 2. The topological polar surface area (TPSA) is 37.8 Å². The van der Waals surface area contributed by atoms with Crippen LogP contribution in [0, 0.1) is 6.92 Å². The molecule has 0 atom stereocenters. The Balaban J connectivity index is 1.96. The van der Waals surface area contributed by atoms with Gasteiger partial charge in [0.25, 0.3) is 0 Å². The molecule has 0 aromatic carbocycles. The number of unbranched alkanes of at least 4 members (excludes halogenated alkanes) is 1. The van der Waals surface area contributed by atoms with Crippen LogP contribution in [0.1, 0.15) is 42.8 Å². The lowest BCUT2D eigenvalue weighted by atomic mass is 9.96. The summed E-state index contributed by atoms with van der Waals surface area (Å²) < 4.78 is 0. The molecular weight excluding hydrogens is 242 g/mol. The molecule has 1 aromatic rings. The van der Waals surface area contributed by atoms with E-state index in [0.717, 1.165) is 31.0 Å². The molecule has 0 saturated heterocycles. The van der Waals surface area contributed by atoms with Crippen LogP contribution >= 0.6 is 11.8 Å². The van der Waals surface area contributed by atoms with Crippen molar-refractivity contribution in [3.63, 3.8) is 0 Å². The van der Waals surface area contributed by atoms with Gasteiger partial charge in [0, 0.05) is 17.8 Å². The van der Waals surface area contributed by atoms with Crippen LogP contribution in [0.5, 0.6) is 0 Å². The maximum atomic E-state index is 4.58. The Labute approximate surface area is 114 Å². The number of rotatable bonds is 6. The van der Waals surface area contributed by atoms with E-state index in [9.17, 15) is 0 Å². The molecule has 0 saturated carbocycles. The van der Waals surface area contributed by atoms with Crippen LogP contribution < -0.4 is 5.32 Å². The van der Waals surface area contributed by atoms with E-state index < -0.39 is 0 Å². The average molecular weight is 265 g/mol. The molecule has 1 aromatic heterocycles. The highest BCUT2D eigenvalue weighted by Gasteiger charge is 2.16. The number of aromatic nitrogens is 2. The summed E-state index contributed by atoms with van der Waals surface area (Å²) in [6.07, 6.45) is 9.48. The summed E-state index contributed by atoms with van der Waals surface area (Å²) in [6, 6.07) is 0. The van der Waals surface area contributed by atoms with E-state index in [2.05, 4.69) is 21.5 Å². The fourth-order valence-corrected chi connectivity index (χ4v) is 2.93. The van der Waals surface area contributed by atoms with Gasteiger partial charge in [-0.3, -0.25) is 0 Å². The lowest BCUT2D eigenvalue weighted by molar-refractivity contribution is 0.658. The third-order valence-electron chi connectivity index (χ3n) is 3.36. The number of hydrogen-bond acceptors (Lipinski definition) is 4. The van der Waals surface area contributed by atoms with Crippen molar-refractivity contribution >= 4 is 17.6 Å². The summed E-state index contributed by atoms with van der Waals surface area (Å²) in [4.78, 5) is 9.15. The summed E-state index contributed by atoms with van der Waals surface area (Å²) in [5.41, 5.74) is 2.65. The molecule has 0 radical (unpaired) electrons. The van der Waals surface area contributed by atoms with Gasteiger partial charge in [0.1, 0.15) is 11.6 Å².